The predicted octanol–water partition coefficient (Wildman–Crippen LogP) is 4.50. The molecular weight excluding hydrogens is 432 g/mol. The van der Waals surface area contributed by atoms with E-state index in [0.717, 1.165) is 46.5 Å². The largest absolute Gasteiger partial charge is 0.465 e. The lowest BCUT2D eigenvalue weighted by atomic mass is 9.90. The van der Waals surface area contributed by atoms with E-state index in [0.29, 0.717) is 24.4 Å². The Bertz CT molecular complexity index is 1340. The van der Waals surface area contributed by atoms with Crippen molar-refractivity contribution >= 4 is 17.5 Å². The zero-order valence-corrected chi connectivity index (χ0v) is 18.8. The Labute approximate surface area is 196 Å². The maximum Gasteiger partial charge on any atom is 0.263 e. The van der Waals surface area contributed by atoms with Gasteiger partial charge in [0.2, 0.25) is 0 Å². The van der Waals surface area contributed by atoms with Crippen molar-refractivity contribution in [3.05, 3.63) is 82.9 Å². The second-order valence-electron chi connectivity index (χ2n) is 8.31. The second kappa shape index (κ2) is 9.35. The molecule has 8 heteroatoms. The van der Waals surface area contributed by atoms with Gasteiger partial charge >= 0.3 is 0 Å². The van der Waals surface area contributed by atoms with Gasteiger partial charge in [0.05, 0.1) is 5.69 Å². The Morgan fingerprint density at radius 1 is 1.18 bits per heavy atom. The van der Waals surface area contributed by atoms with E-state index in [9.17, 15) is 9.59 Å². The summed E-state index contributed by atoms with van der Waals surface area (Å²) in [6.45, 7) is 1.52. The van der Waals surface area contributed by atoms with Gasteiger partial charge < -0.3 is 19.6 Å². The minimum atomic E-state index is -0.365. The summed E-state index contributed by atoms with van der Waals surface area (Å²) in [4.78, 5) is 33.0. The zero-order valence-electron chi connectivity index (χ0n) is 18.8. The number of ether oxygens (including phenoxy) is 1. The average Bonchev–Trinajstić information content (AvgIpc) is 3.43. The van der Waals surface area contributed by atoms with Crippen LogP contribution in [-0.2, 0) is 17.6 Å². The summed E-state index contributed by atoms with van der Waals surface area (Å²) in [6, 6.07) is 15.4. The highest BCUT2D eigenvalue weighted by atomic mass is 16.5. The van der Waals surface area contributed by atoms with E-state index in [1.54, 1.807) is 25.3 Å². The van der Waals surface area contributed by atoms with Crippen LogP contribution in [0.4, 0.5) is 5.82 Å². The van der Waals surface area contributed by atoms with E-state index >= 15 is 0 Å². The fraction of sp³-hybridized carbons (Fsp3) is 0.231. The first-order chi connectivity index (χ1) is 16.6. The van der Waals surface area contributed by atoms with Gasteiger partial charge in [0.25, 0.3) is 11.8 Å². The molecule has 0 aliphatic heterocycles. The van der Waals surface area contributed by atoms with E-state index < -0.39 is 0 Å². The molecule has 1 aliphatic rings. The molecule has 3 heterocycles. The lowest BCUT2D eigenvalue weighted by Crippen LogP contribution is -2.20. The maximum atomic E-state index is 12.8. The molecule has 0 spiro atoms. The number of Topliss-reactive ketones (excluding diaryl/α,β-unsaturated/α-hetero) is 1. The van der Waals surface area contributed by atoms with Crippen molar-refractivity contribution in [1.29, 1.82) is 0 Å². The number of nitrogens with one attached hydrogen (secondary N) is 2. The van der Waals surface area contributed by atoms with Crippen LogP contribution in [0.1, 0.15) is 45.8 Å². The number of nitrogens with zero attached hydrogens (tertiary/aromatic N) is 2. The Kier molecular flexibility index (Phi) is 5.95. The van der Waals surface area contributed by atoms with E-state index in [1.165, 1.54) is 0 Å². The quantitative estimate of drug-likeness (QED) is 0.424. The second-order valence-corrected chi connectivity index (χ2v) is 8.31. The van der Waals surface area contributed by atoms with Crippen molar-refractivity contribution < 1.29 is 18.8 Å². The molecule has 0 saturated heterocycles. The summed E-state index contributed by atoms with van der Waals surface area (Å²) >= 11 is 0. The number of pyridine rings is 1. The number of aryl methyl sites for hydroxylation is 2. The number of rotatable bonds is 7. The van der Waals surface area contributed by atoms with E-state index in [4.69, 9.17) is 9.26 Å². The molecule has 1 amide bonds. The molecule has 0 fully saturated rings. The van der Waals surface area contributed by atoms with Crippen molar-refractivity contribution in [3.63, 3.8) is 0 Å². The van der Waals surface area contributed by atoms with Crippen LogP contribution in [0, 0.1) is 6.92 Å². The summed E-state index contributed by atoms with van der Waals surface area (Å²) in [6.07, 6.45) is 4.54. The number of benzene rings is 1. The molecule has 2 N–H and O–H groups in total. The summed E-state index contributed by atoms with van der Waals surface area (Å²) < 4.78 is 10.3. The normalized spacial score (nSPS) is 12.9. The van der Waals surface area contributed by atoms with Gasteiger partial charge in [0, 0.05) is 41.9 Å². The first-order valence-corrected chi connectivity index (χ1v) is 11.2. The number of hydrogen-bond donors (Lipinski definition) is 2. The topological polar surface area (TPSA) is 110 Å². The van der Waals surface area contributed by atoms with Gasteiger partial charge in [-0.2, -0.15) is 0 Å². The molecule has 8 nitrogen and oxygen atoms in total. The van der Waals surface area contributed by atoms with E-state index in [1.807, 2.05) is 24.3 Å². The molecule has 0 atom stereocenters. The first kappa shape index (κ1) is 21.6. The van der Waals surface area contributed by atoms with E-state index in [2.05, 4.69) is 32.6 Å². The molecular formula is C26H24N4O4. The third kappa shape index (κ3) is 4.61. The van der Waals surface area contributed by atoms with Crippen LogP contribution in [0.15, 0.2) is 59.3 Å². The molecule has 1 aromatic carbocycles. The van der Waals surface area contributed by atoms with Gasteiger partial charge in [-0.3, -0.25) is 9.59 Å². The predicted molar refractivity (Wildman–Crippen MR) is 126 cm³/mol. The summed E-state index contributed by atoms with van der Waals surface area (Å²) in [5.41, 5.74) is 5.65. The number of carbonyl (C=O) groups is 2. The van der Waals surface area contributed by atoms with Crippen molar-refractivity contribution in [3.8, 4) is 17.1 Å². The van der Waals surface area contributed by atoms with Gasteiger partial charge in [0.15, 0.2) is 12.4 Å². The molecule has 1 aliphatic carbocycles. The molecule has 172 valence electrons. The number of amides is 1. The fourth-order valence-corrected chi connectivity index (χ4v) is 4.28. The van der Waals surface area contributed by atoms with Crippen LogP contribution >= 0.6 is 0 Å². The van der Waals surface area contributed by atoms with Crippen LogP contribution in [0.3, 0.4) is 0 Å². The Hall–Kier alpha value is -4.20. The summed E-state index contributed by atoms with van der Waals surface area (Å²) in [5.74, 6) is 1.06. The summed E-state index contributed by atoms with van der Waals surface area (Å²) in [5, 5.41) is 6.46. The Morgan fingerprint density at radius 3 is 2.82 bits per heavy atom. The smallest absolute Gasteiger partial charge is 0.263 e. The van der Waals surface area contributed by atoms with Crippen LogP contribution in [0.2, 0.25) is 0 Å². The van der Waals surface area contributed by atoms with Crippen molar-refractivity contribution in [1.82, 2.24) is 15.1 Å². The monoisotopic (exact) mass is 456 g/mol. The summed E-state index contributed by atoms with van der Waals surface area (Å²) in [7, 11) is 0. The Balaban J connectivity index is 1.40. The van der Waals surface area contributed by atoms with Crippen molar-refractivity contribution in [2.75, 3.05) is 11.9 Å². The van der Waals surface area contributed by atoms with Gasteiger partial charge in [-0.15, -0.1) is 0 Å². The SMILES string of the molecule is Cc1cc(OCC(=O)Nc2cc(-c3[nH]c4c(c3Cc3ccccc3)C(=O)CCC4)ccn2)no1. The third-order valence-electron chi connectivity index (χ3n) is 5.79. The highest BCUT2D eigenvalue weighted by molar-refractivity contribution is 6.01. The molecule has 34 heavy (non-hydrogen) atoms. The molecule has 0 saturated carbocycles. The number of H-pyrrole nitrogens is 1. The minimum Gasteiger partial charge on any atom is -0.465 e. The van der Waals surface area contributed by atoms with Crippen LogP contribution in [0.5, 0.6) is 5.88 Å². The molecule has 3 aromatic heterocycles. The van der Waals surface area contributed by atoms with Gasteiger partial charge in [-0.1, -0.05) is 30.3 Å². The van der Waals surface area contributed by atoms with E-state index in [-0.39, 0.29) is 24.2 Å². The zero-order chi connectivity index (χ0) is 23.5. The maximum absolute atomic E-state index is 12.8. The first-order valence-electron chi connectivity index (χ1n) is 11.2. The van der Waals surface area contributed by atoms with Gasteiger partial charge in [-0.05, 0) is 48.2 Å². The average molecular weight is 457 g/mol. The van der Waals surface area contributed by atoms with Crippen LogP contribution < -0.4 is 10.1 Å². The Morgan fingerprint density at radius 2 is 2.03 bits per heavy atom. The lowest BCUT2D eigenvalue weighted by molar-refractivity contribution is -0.118. The number of hydrogen-bond acceptors (Lipinski definition) is 6. The molecule has 0 unspecified atom stereocenters. The van der Waals surface area contributed by atoms with Crippen LogP contribution in [-0.4, -0.2) is 33.4 Å². The third-order valence-corrected chi connectivity index (χ3v) is 5.79. The standard InChI is InChI=1S/C26H24N4O4/c1-16-12-24(30-34-16)33-15-23(32)29-22-14-18(10-11-27-22)26-19(13-17-6-3-2-4-7-17)25-20(28-26)8-5-9-21(25)31/h2-4,6-7,10-12,14,28H,5,8-9,13,15H2,1H3,(H,27,29,32). The number of carbonyl (C=O) groups excluding carboxylic acids is 2. The highest BCUT2D eigenvalue weighted by Gasteiger charge is 2.26. The number of aromatic nitrogens is 3. The van der Waals surface area contributed by atoms with Gasteiger partial charge in [0.1, 0.15) is 11.6 Å². The number of fused-ring (bicyclic) bond motifs is 1. The van der Waals surface area contributed by atoms with Crippen LogP contribution in [0.25, 0.3) is 11.3 Å². The minimum absolute atomic E-state index is 0.178. The molecule has 0 radical (unpaired) electrons. The van der Waals surface area contributed by atoms with Gasteiger partial charge in [-0.25, -0.2) is 4.98 Å². The fourth-order valence-electron chi connectivity index (χ4n) is 4.28. The van der Waals surface area contributed by atoms with Crippen molar-refractivity contribution in [2.24, 2.45) is 0 Å². The lowest BCUT2D eigenvalue weighted by Gasteiger charge is -2.12. The van der Waals surface area contributed by atoms with Crippen molar-refractivity contribution in [2.45, 2.75) is 32.6 Å². The molecule has 4 aromatic rings. The number of anilines is 1. The number of aromatic amines is 1. The molecule has 5 rings (SSSR count). The molecule has 0 bridgehead atoms. The highest BCUT2D eigenvalue weighted by Crippen LogP contribution is 2.35. The number of ketones is 1.